The second-order valence-electron chi connectivity index (χ2n) is 3.76. The Kier molecular flexibility index (Phi) is 2.82. The molecule has 2 rings (SSSR count). The Morgan fingerprint density at radius 2 is 2.24 bits per heavy atom. The Balaban J connectivity index is 2.35. The zero-order valence-corrected chi connectivity index (χ0v) is 9.54. The largest absolute Gasteiger partial charge is 0.478 e. The summed E-state index contributed by atoms with van der Waals surface area (Å²) in [6.45, 7) is 1.83. The fraction of sp³-hybridized carbons (Fsp3) is 0.167. The molecule has 5 heteroatoms. The zero-order chi connectivity index (χ0) is 12.4. The van der Waals surface area contributed by atoms with Crippen molar-refractivity contribution in [2.45, 2.75) is 6.92 Å². The summed E-state index contributed by atoms with van der Waals surface area (Å²) in [5.41, 5.74) is 1.02. The number of rotatable bonds is 3. The summed E-state index contributed by atoms with van der Waals surface area (Å²) in [5.74, 6) is -0.178. The van der Waals surface area contributed by atoms with Crippen LogP contribution in [0.2, 0.25) is 0 Å². The van der Waals surface area contributed by atoms with Gasteiger partial charge in [-0.1, -0.05) is 11.6 Å². The van der Waals surface area contributed by atoms with Gasteiger partial charge in [-0.15, -0.1) is 0 Å². The lowest BCUT2D eigenvalue weighted by Gasteiger charge is -2.07. The second kappa shape index (κ2) is 4.29. The number of ether oxygens (including phenoxy) is 1. The summed E-state index contributed by atoms with van der Waals surface area (Å²) in [7, 11) is 1.76. The van der Waals surface area contributed by atoms with Gasteiger partial charge >= 0.3 is 5.97 Å². The molecule has 17 heavy (non-hydrogen) atoms. The average Bonchev–Trinajstić information content (AvgIpc) is 2.66. The minimum atomic E-state index is -1.01. The van der Waals surface area contributed by atoms with Crippen LogP contribution in [-0.4, -0.2) is 20.9 Å². The highest BCUT2D eigenvalue weighted by atomic mass is 16.5. The van der Waals surface area contributed by atoms with E-state index in [2.05, 4.69) is 5.10 Å². The lowest BCUT2D eigenvalue weighted by Crippen LogP contribution is -2.00. The molecule has 0 aliphatic rings. The molecule has 0 aliphatic heterocycles. The highest BCUT2D eigenvalue weighted by Crippen LogP contribution is 2.25. The maximum absolute atomic E-state index is 11.1. The van der Waals surface area contributed by atoms with Crippen molar-refractivity contribution in [1.29, 1.82) is 0 Å². The van der Waals surface area contributed by atoms with E-state index in [1.807, 2.05) is 6.92 Å². The Labute approximate surface area is 98.3 Å². The molecular weight excluding hydrogens is 220 g/mol. The lowest BCUT2D eigenvalue weighted by molar-refractivity contribution is 0.0694. The minimum Gasteiger partial charge on any atom is -0.478 e. The van der Waals surface area contributed by atoms with E-state index in [1.54, 1.807) is 36.1 Å². The second-order valence-corrected chi connectivity index (χ2v) is 3.76. The number of aromatic nitrogens is 2. The maximum Gasteiger partial charge on any atom is 0.339 e. The van der Waals surface area contributed by atoms with E-state index in [9.17, 15) is 4.79 Å². The molecular formula is C12H12N2O3. The quantitative estimate of drug-likeness (QED) is 0.881. The number of aryl methyl sites for hydroxylation is 2. The molecule has 1 N–H and O–H groups in total. The van der Waals surface area contributed by atoms with Crippen LogP contribution in [0.5, 0.6) is 11.5 Å². The van der Waals surface area contributed by atoms with Crippen LogP contribution in [0.4, 0.5) is 0 Å². The highest BCUT2D eigenvalue weighted by Gasteiger charge is 2.12. The minimum absolute atomic E-state index is 0.147. The summed E-state index contributed by atoms with van der Waals surface area (Å²) in [6, 6.07) is 5.03. The van der Waals surface area contributed by atoms with Gasteiger partial charge in [-0.2, -0.15) is 5.10 Å². The molecule has 1 heterocycles. The first kappa shape index (κ1) is 11.2. The van der Waals surface area contributed by atoms with Crippen molar-refractivity contribution in [2.24, 2.45) is 7.05 Å². The van der Waals surface area contributed by atoms with Gasteiger partial charge in [0.2, 0.25) is 0 Å². The summed E-state index contributed by atoms with van der Waals surface area (Å²) in [5, 5.41) is 13.0. The molecule has 0 radical (unpaired) electrons. The van der Waals surface area contributed by atoms with Gasteiger partial charge in [-0.05, 0) is 19.1 Å². The monoisotopic (exact) mass is 232 g/mol. The number of hydrogen-bond donors (Lipinski definition) is 1. The normalized spacial score (nSPS) is 10.2. The van der Waals surface area contributed by atoms with Gasteiger partial charge in [0.1, 0.15) is 11.3 Å². The van der Waals surface area contributed by atoms with E-state index in [0.29, 0.717) is 11.5 Å². The molecule has 5 nitrogen and oxygen atoms in total. The predicted octanol–water partition coefficient (Wildman–Crippen LogP) is 2.22. The van der Waals surface area contributed by atoms with Crippen molar-refractivity contribution in [3.05, 3.63) is 41.7 Å². The Morgan fingerprint density at radius 3 is 2.82 bits per heavy atom. The fourth-order valence-corrected chi connectivity index (χ4v) is 1.48. The van der Waals surface area contributed by atoms with Crippen molar-refractivity contribution >= 4 is 5.97 Å². The molecule has 0 saturated heterocycles. The first-order valence-electron chi connectivity index (χ1n) is 5.06. The van der Waals surface area contributed by atoms with Gasteiger partial charge < -0.3 is 9.84 Å². The van der Waals surface area contributed by atoms with E-state index < -0.39 is 5.97 Å². The maximum atomic E-state index is 11.1. The summed E-state index contributed by atoms with van der Waals surface area (Å²) in [4.78, 5) is 11.1. The lowest BCUT2D eigenvalue weighted by atomic mass is 10.1. The third-order valence-corrected chi connectivity index (χ3v) is 2.27. The van der Waals surface area contributed by atoms with Crippen LogP contribution in [0, 0.1) is 6.92 Å². The van der Waals surface area contributed by atoms with Gasteiger partial charge in [0.25, 0.3) is 0 Å². The Hall–Kier alpha value is -2.30. The van der Waals surface area contributed by atoms with Gasteiger partial charge in [0.15, 0.2) is 5.75 Å². The van der Waals surface area contributed by atoms with Gasteiger partial charge in [-0.25, -0.2) is 4.79 Å². The topological polar surface area (TPSA) is 64.4 Å². The van der Waals surface area contributed by atoms with E-state index in [1.165, 1.54) is 6.20 Å². The number of aromatic carboxylic acids is 1. The van der Waals surface area contributed by atoms with Crippen molar-refractivity contribution in [1.82, 2.24) is 9.78 Å². The molecule has 2 aromatic rings. The third kappa shape index (κ3) is 2.44. The van der Waals surface area contributed by atoms with Crippen LogP contribution >= 0.6 is 0 Å². The molecule has 88 valence electrons. The molecule has 0 aliphatic carbocycles. The zero-order valence-electron chi connectivity index (χ0n) is 9.54. The molecule has 0 fully saturated rings. The molecule has 0 atom stereocenters. The van der Waals surface area contributed by atoms with Crippen LogP contribution in [0.1, 0.15) is 15.9 Å². The molecule has 0 bridgehead atoms. The molecule has 0 spiro atoms. The van der Waals surface area contributed by atoms with Crippen LogP contribution in [0.3, 0.4) is 0 Å². The standard InChI is InChI=1S/C12H12N2O3/c1-8-3-4-11(10(5-8)12(15)16)17-9-6-13-14(2)7-9/h3-7H,1-2H3,(H,15,16). The number of nitrogens with zero attached hydrogens (tertiary/aromatic N) is 2. The van der Waals surface area contributed by atoms with Crippen LogP contribution in [-0.2, 0) is 7.05 Å². The van der Waals surface area contributed by atoms with E-state index in [0.717, 1.165) is 5.56 Å². The Morgan fingerprint density at radius 1 is 1.47 bits per heavy atom. The number of hydrogen-bond acceptors (Lipinski definition) is 3. The van der Waals surface area contributed by atoms with Crippen LogP contribution < -0.4 is 4.74 Å². The number of benzene rings is 1. The molecule has 1 aromatic carbocycles. The molecule has 0 amide bonds. The molecule has 0 saturated carbocycles. The predicted molar refractivity (Wildman–Crippen MR) is 61.4 cm³/mol. The van der Waals surface area contributed by atoms with Crippen molar-refractivity contribution in [3.8, 4) is 11.5 Å². The average molecular weight is 232 g/mol. The molecule has 0 unspecified atom stereocenters. The summed E-state index contributed by atoms with van der Waals surface area (Å²) >= 11 is 0. The number of carboxylic acid groups (broad SMARTS) is 1. The van der Waals surface area contributed by atoms with Gasteiger partial charge in [0, 0.05) is 7.05 Å². The van der Waals surface area contributed by atoms with Crippen molar-refractivity contribution in [2.75, 3.05) is 0 Å². The molecule has 1 aromatic heterocycles. The summed E-state index contributed by atoms with van der Waals surface area (Å²) < 4.78 is 7.07. The van der Waals surface area contributed by atoms with Crippen LogP contribution in [0.25, 0.3) is 0 Å². The highest BCUT2D eigenvalue weighted by molar-refractivity contribution is 5.91. The number of carbonyl (C=O) groups is 1. The smallest absolute Gasteiger partial charge is 0.339 e. The number of carboxylic acids is 1. The van der Waals surface area contributed by atoms with Crippen molar-refractivity contribution in [3.63, 3.8) is 0 Å². The third-order valence-electron chi connectivity index (χ3n) is 2.27. The summed E-state index contributed by atoms with van der Waals surface area (Å²) in [6.07, 6.45) is 3.21. The van der Waals surface area contributed by atoms with E-state index in [-0.39, 0.29) is 5.56 Å². The van der Waals surface area contributed by atoms with E-state index >= 15 is 0 Å². The van der Waals surface area contributed by atoms with Gasteiger partial charge in [0.05, 0.1) is 12.4 Å². The van der Waals surface area contributed by atoms with Gasteiger partial charge in [-0.3, -0.25) is 4.68 Å². The Bertz CT molecular complexity index is 561. The van der Waals surface area contributed by atoms with Crippen molar-refractivity contribution < 1.29 is 14.6 Å². The van der Waals surface area contributed by atoms with Crippen LogP contribution in [0.15, 0.2) is 30.6 Å². The SMILES string of the molecule is Cc1ccc(Oc2cnn(C)c2)c(C(=O)O)c1. The van der Waals surface area contributed by atoms with E-state index in [4.69, 9.17) is 9.84 Å². The first-order valence-corrected chi connectivity index (χ1v) is 5.06. The first-order chi connectivity index (χ1) is 8.06. The fourth-order valence-electron chi connectivity index (χ4n) is 1.48.